The number of benzene rings is 1. The van der Waals surface area contributed by atoms with Gasteiger partial charge in [-0.1, -0.05) is 41.4 Å². The highest BCUT2D eigenvalue weighted by atomic mass is 79.9. The van der Waals surface area contributed by atoms with Gasteiger partial charge in [-0.2, -0.15) is 0 Å². The van der Waals surface area contributed by atoms with E-state index < -0.39 is 0 Å². The van der Waals surface area contributed by atoms with E-state index in [2.05, 4.69) is 45.7 Å². The van der Waals surface area contributed by atoms with Crippen LogP contribution in [0.4, 0.5) is 4.39 Å². The van der Waals surface area contributed by atoms with Crippen LogP contribution < -0.4 is 0 Å². The first-order valence-electron chi connectivity index (χ1n) is 5.11. The molecule has 0 spiro atoms. The van der Waals surface area contributed by atoms with Crippen molar-refractivity contribution in [2.24, 2.45) is 11.3 Å². The van der Waals surface area contributed by atoms with E-state index in [4.69, 9.17) is 11.6 Å². The SMILES string of the molecule is CC1(C)CC1C(Br)c1cc(Cl)c(Br)cc1F. The Labute approximate surface area is 117 Å². The minimum absolute atomic E-state index is 0.0492. The molecule has 0 heterocycles. The molecule has 0 aromatic heterocycles. The van der Waals surface area contributed by atoms with Crippen molar-refractivity contribution in [2.75, 3.05) is 0 Å². The van der Waals surface area contributed by atoms with Gasteiger partial charge in [-0.3, -0.25) is 0 Å². The van der Waals surface area contributed by atoms with Gasteiger partial charge in [0.05, 0.1) is 5.02 Å². The first-order valence-corrected chi connectivity index (χ1v) is 7.20. The number of hydrogen-bond donors (Lipinski definition) is 0. The maximum absolute atomic E-state index is 13.8. The molecule has 0 bridgehead atoms. The normalized spacial score (nSPS) is 24.2. The van der Waals surface area contributed by atoms with Crippen molar-refractivity contribution < 1.29 is 4.39 Å². The van der Waals surface area contributed by atoms with Crippen molar-refractivity contribution in [1.82, 2.24) is 0 Å². The lowest BCUT2D eigenvalue weighted by Gasteiger charge is -2.14. The molecule has 1 aromatic rings. The topological polar surface area (TPSA) is 0 Å². The number of alkyl halides is 1. The van der Waals surface area contributed by atoms with Gasteiger partial charge in [-0.15, -0.1) is 0 Å². The molecule has 0 N–H and O–H groups in total. The fourth-order valence-electron chi connectivity index (χ4n) is 1.97. The van der Waals surface area contributed by atoms with E-state index in [1.807, 2.05) is 0 Å². The second-order valence-electron chi connectivity index (χ2n) is 4.99. The van der Waals surface area contributed by atoms with Crippen LogP contribution in [0.25, 0.3) is 0 Å². The highest BCUT2D eigenvalue weighted by Crippen LogP contribution is 2.60. The summed E-state index contributed by atoms with van der Waals surface area (Å²) >= 11 is 12.8. The number of hydrogen-bond acceptors (Lipinski definition) is 0. The van der Waals surface area contributed by atoms with E-state index >= 15 is 0 Å². The Kier molecular flexibility index (Phi) is 3.42. The maximum atomic E-state index is 13.8. The van der Waals surface area contributed by atoms with Gasteiger partial charge in [-0.25, -0.2) is 4.39 Å². The monoisotopic (exact) mass is 368 g/mol. The Morgan fingerprint density at radius 2 is 2.06 bits per heavy atom. The highest BCUT2D eigenvalue weighted by Gasteiger charge is 2.50. The summed E-state index contributed by atoms with van der Waals surface area (Å²) in [5.74, 6) is 0.278. The molecule has 2 atom stereocenters. The first-order chi connectivity index (χ1) is 7.33. The van der Waals surface area contributed by atoms with E-state index in [-0.39, 0.29) is 10.6 Å². The summed E-state index contributed by atoms with van der Waals surface area (Å²) in [6.45, 7) is 4.40. The molecule has 1 fully saturated rings. The van der Waals surface area contributed by atoms with E-state index in [9.17, 15) is 4.39 Å². The van der Waals surface area contributed by atoms with E-state index in [1.165, 1.54) is 6.07 Å². The summed E-state index contributed by atoms with van der Waals surface area (Å²) in [5, 5.41) is 0.555. The zero-order valence-corrected chi connectivity index (χ0v) is 13.0. The summed E-state index contributed by atoms with van der Waals surface area (Å²) in [6, 6.07) is 3.14. The molecule has 0 saturated heterocycles. The minimum Gasteiger partial charge on any atom is -0.207 e. The minimum atomic E-state index is -0.208. The molecule has 4 heteroatoms. The van der Waals surface area contributed by atoms with Crippen LogP contribution in [0.3, 0.4) is 0 Å². The molecule has 2 unspecified atom stereocenters. The van der Waals surface area contributed by atoms with Gasteiger partial charge in [-0.05, 0) is 45.8 Å². The molecule has 0 nitrogen and oxygen atoms in total. The molecule has 2 rings (SSSR count). The first kappa shape index (κ1) is 12.8. The molecule has 1 saturated carbocycles. The Morgan fingerprint density at radius 3 is 2.56 bits per heavy atom. The smallest absolute Gasteiger partial charge is 0.128 e. The van der Waals surface area contributed by atoms with Crippen molar-refractivity contribution >= 4 is 43.5 Å². The van der Waals surface area contributed by atoms with Crippen LogP contribution in [0.1, 0.15) is 30.7 Å². The average molecular weight is 370 g/mol. The summed E-state index contributed by atoms with van der Waals surface area (Å²) in [5.41, 5.74) is 0.962. The molecule has 1 aliphatic carbocycles. The summed E-state index contributed by atoms with van der Waals surface area (Å²) < 4.78 is 14.4. The van der Waals surface area contributed by atoms with E-state index in [1.54, 1.807) is 6.07 Å². The number of rotatable bonds is 2. The molecule has 16 heavy (non-hydrogen) atoms. The van der Waals surface area contributed by atoms with Crippen molar-refractivity contribution in [3.05, 3.63) is 33.0 Å². The third kappa shape index (κ3) is 2.32. The molecule has 1 aliphatic rings. The lowest BCUT2D eigenvalue weighted by atomic mass is 10.0. The molecular weight excluding hydrogens is 358 g/mol. The Hall–Kier alpha value is 0.400. The van der Waals surface area contributed by atoms with Gasteiger partial charge in [0.25, 0.3) is 0 Å². The Balaban J connectivity index is 2.31. The zero-order valence-electron chi connectivity index (χ0n) is 9.03. The zero-order chi connectivity index (χ0) is 12.1. The van der Waals surface area contributed by atoms with Gasteiger partial charge in [0.1, 0.15) is 5.82 Å². The highest BCUT2D eigenvalue weighted by molar-refractivity contribution is 9.10. The van der Waals surface area contributed by atoms with Gasteiger partial charge >= 0.3 is 0 Å². The van der Waals surface area contributed by atoms with E-state index in [0.717, 1.165) is 6.42 Å². The van der Waals surface area contributed by atoms with Crippen LogP contribution in [-0.2, 0) is 0 Å². The van der Waals surface area contributed by atoms with Crippen LogP contribution in [-0.4, -0.2) is 0 Å². The second kappa shape index (κ2) is 4.25. The predicted octanol–water partition coefficient (Wildman–Crippen LogP) is 5.72. The Morgan fingerprint density at radius 1 is 1.50 bits per heavy atom. The van der Waals surface area contributed by atoms with Crippen LogP contribution in [0.2, 0.25) is 5.02 Å². The maximum Gasteiger partial charge on any atom is 0.128 e. The quantitative estimate of drug-likeness (QED) is 0.461. The third-order valence-corrected chi connectivity index (χ3v) is 5.61. The Bertz CT molecular complexity index is 431. The third-order valence-electron chi connectivity index (χ3n) is 3.28. The molecule has 0 amide bonds. The standard InChI is InChI=1S/C12H12Br2ClF/c1-12(2)5-7(12)11(14)6-3-9(15)8(13)4-10(6)16/h3-4,7,11H,5H2,1-2H3. The average Bonchev–Trinajstić information content (AvgIpc) is 2.80. The van der Waals surface area contributed by atoms with Crippen molar-refractivity contribution in [3.8, 4) is 0 Å². The van der Waals surface area contributed by atoms with Crippen LogP contribution >= 0.6 is 43.5 Å². The van der Waals surface area contributed by atoms with Gasteiger partial charge < -0.3 is 0 Å². The molecule has 1 aromatic carbocycles. The molecule has 88 valence electrons. The van der Waals surface area contributed by atoms with Crippen molar-refractivity contribution in [2.45, 2.75) is 25.1 Å². The molecule has 0 aliphatic heterocycles. The van der Waals surface area contributed by atoms with Gasteiger partial charge in [0.2, 0.25) is 0 Å². The largest absolute Gasteiger partial charge is 0.207 e. The van der Waals surface area contributed by atoms with Gasteiger partial charge in [0, 0.05) is 14.9 Å². The van der Waals surface area contributed by atoms with Gasteiger partial charge in [0.15, 0.2) is 0 Å². The predicted molar refractivity (Wildman–Crippen MR) is 72.7 cm³/mol. The van der Waals surface area contributed by atoms with Crippen LogP contribution in [0, 0.1) is 17.2 Å². The number of halogens is 4. The fourth-order valence-corrected chi connectivity index (χ4v) is 3.71. The molecular formula is C12H12Br2ClF. The lowest BCUT2D eigenvalue weighted by molar-refractivity contribution is 0.537. The molecule has 0 radical (unpaired) electrons. The summed E-state index contributed by atoms with van der Waals surface area (Å²) in [6.07, 6.45) is 1.12. The van der Waals surface area contributed by atoms with Crippen molar-refractivity contribution in [1.29, 1.82) is 0 Å². The summed E-state index contributed by atoms with van der Waals surface area (Å²) in [7, 11) is 0. The fraction of sp³-hybridized carbons (Fsp3) is 0.500. The van der Waals surface area contributed by atoms with E-state index in [0.29, 0.717) is 26.4 Å². The lowest BCUT2D eigenvalue weighted by Crippen LogP contribution is -2.01. The second-order valence-corrected chi connectivity index (χ2v) is 7.24. The summed E-state index contributed by atoms with van der Waals surface area (Å²) in [4.78, 5) is 0.0492. The van der Waals surface area contributed by atoms with Crippen molar-refractivity contribution in [3.63, 3.8) is 0 Å². The van der Waals surface area contributed by atoms with Crippen LogP contribution in [0.5, 0.6) is 0 Å². The van der Waals surface area contributed by atoms with Crippen LogP contribution in [0.15, 0.2) is 16.6 Å².